The van der Waals surface area contributed by atoms with Crippen LogP contribution < -0.4 is 0 Å². The monoisotopic (exact) mass is 509 g/mol. The van der Waals surface area contributed by atoms with E-state index in [9.17, 15) is 0 Å². The third kappa shape index (κ3) is 2.51. The summed E-state index contributed by atoms with van der Waals surface area (Å²) < 4.78 is 8.40. The Morgan fingerprint density at radius 2 is 1.23 bits per heavy atom. The van der Waals surface area contributed by atoms with E-state index in [1.165, 1.54) is 43.6 Å². The number of hydrogen-bond acceptors (Lipinski definition) is 3. The fourth-order valence-electron chi connectivity index (χ4n) is 6.70. The molecule has 0 amide bonds. The van der Waals surface area contributed by atoms with Crippen molar-refractivity contribution in [3.63, 3.8) is 0 Å². The lowest BCUT2D eigenvalue weighted by molar-refractivity contribution is 0.669. The van der Waals surface area contributed by atoms with Crippen molar-refractivity contribution in [3.8, 4) is 11.1 Å². The molecule has 10 aromatic rings. The first-order valence-corrected chi connectivity index (χ1v) is 13.5. The van der Waals surface area contributed by atoms with Gasteiger partial charge in [-0.05, 0) is 70.4 Å². The molecule has 0 atom stereocenters. The van der Waals surface area contributed by atoms with Crippen molar-refractivity contribution in [3.05, 3.63) is 115 Å². The number of nitrogens with zero attached hydrogens (tertiary/aromatic N) is 3. The number of fused-ring (bicyclic) bond motifs is 12. The van der Waals surface area contributed by atoms with Crippen molar-refractivity contribution in [2.24, 2.45) is 0 Å². The molecule has 4 nitrogen and oxygen atoms in total. The number of hydrogen-bond donors (Lipinski definition) is 0. The van der Waals surface area contributed by atoms with Crippen LogP contribution in [0, 0.1) is 0 Å². The van der Waals surface area contributed by atoms with Crippen molar-refractivity contribution >= 4 is 82.1 Å². The lowest BCUT2D eigenvalue weighted by Crippen LogP contribution is -1.89. The first-order valence-electron chi connectivity index (χ1n) is 13.5. The zero-order chi connectivity index (χ0) is 25.9. The number of furan rings is 1. The van der Waals surface area contributed by atoms with E-state index in [1.54, 1.807) is 0 Å². The number of benzene rings is 6. The maximum absolute atomic E-state index is 6.08. The van der Waals surface area contributed by atoms with Gasteiger partial charge in [0.25, 0.3) is 0 Å². The molecule has 0 aliphatic rings. The maximum atomic E-state index is 6.08. The van der Waals surface area contributed by atoms with Crippen molar-refractivity contribution in [2.75, 3.05) is 0 Å². The van der Waals surface area contributed by atoms with Gasteiger partial charge in [-0.1, -0.05) is 66.7 Å². The van der Waals surface area contributed by atoms with E-state index in [-0.39, 0.29) is 0 Å². The summed E-state index contributed by atoms with van der Waals surface area (Å²) in [6.07, 6.45) is 0. The molecule has 4 aromatic heterocycles. The predicted octanol–water partition coefficient (Wildman–Crippen LogP) is 9.50. The van der Waals surface area contributed by atoms with Gasteiger partial charge < -0.3 is 4.42 Å². The molecule has 0 spiro atoms. The minimum Gasteiger partial charge on any atom is -0.456 e. The van der Waals surface area contributed by atoms with Crippen LogP contribution in [0.1, 0.15) is 0 Å². The fourth-order valence-corrected chi connectivity index (χ4v) is 6.70. The highest BCUT2D eigenvalue weighted by molar-refractivity contribution is 6.30. The van der Waals surface area contributed by atoms with E-state index in [0.29, 0.717) is 0 Å². The summed E-state index contributed by atoms with van der Waals surface area (Å²) in [5.41, 5.74) is 10.2. The fraction of sp³-hybridized carbons (Fsp3) is 0. The third-order valence-corrected chi connectivity index (χ3v) is 8.48. The van der Waals surface area contributed by atoms with Crippen LogP contribution in [0.15, 0.2) is 120 Å². The minimum absolute atomic E-state index is 0.907. The zero-order valence-electron chi connectivity index (χ0n) is 21.2. The van der Waals surface area contributed by atoms with Gasteiger partial charge in [-0.3, -0.25) is 4.40 Å². The molecule has 0 saturated carbocycles. The second kappa shape index (κ2) is 7.13. The predicted molar refractivity (Wildman–Crippen MR) is 164 cm³/mol. The van der Waals surface area contributed by atoms with Crippen molar-refractivity contribution < 1.29 is 4.42 Å². The van der Waals surface area contributed by atoms with Crippen LogP contribution in [0.2, 0.25) is 0 Å². The molecule has 0 bridgehead atoms. The van der Waals surface area contributed by atoms with Gasteiger partial charge in [-0.2, -0.15) is 0 Å². The molecular weight excluding hydrogens is 490 g/mol. The molecule has 0 aliphatic heterocycles. The van der Waals surface area contributed by atoms with Crippen molar-refractivity contribution in [1.82, 2.24) is 14.4 Å². The number of rotatable bonds is 1. The van der Waals surface area contributed by atoms with E-state index < -0.39 is 0 Å². The molecule has 0 aliphatic carbocycles. The standard InChI is InChI=1S/C36H19N3O/c1-2-8-23-22(7-1)19-27-25-17-20(21-14-16-32-26(18-21)24-9-3-6-12-31(24)40-32)13-15-30(25)39-35(27)33(23)34-36(39)38-29-11-5-4-10-28(29)37-34/h1-19H. The lowest BCUT2D eigenvalue weighted by atomic mass is 9.98. The molecule has 184 valence electrons. The van der Waals surface area contributed by atoms with Crippen LogP contribution >= 0.6 is 0 Å². The summed E-state index contributed by atoms with van der Waals surface area (Å²) >= 11 is 0. The van der Waals surface area contributed by atoms with Gasteiger partial charge in [0, 0.05) is 26.9 Å². The minimum atomic E-state index is 0.907. The second-order valence-electron chi connectivity index (χ2n) is 10.6. The van der Waals surface area contributed by atoms with Gasteiger partial charge in [-0.25, -0.2) is 9.97 Å². The van der Waals surface area contributed by atoms with Crippen LogP contribution in [-0.4, -0.2) is 14.4 Å². The highest BCUT2D eigenvalue weighted by Crippen LogP contribution is 2.43. The molecule has 10 rings (SSSR count). The molecule has 0 N–H and O–H groups in total. The Kier molecular flexibility index (Phi) is 3.65. The summed E-state index contributed by atoms with van der Waals surface area (Å²) in [6, 6.07) is 40.6. The molecule has 4 heteroatoms. The highest BCUT2D eigenvalue weighted by Gasteiger charge is 2.22. The van der Waals surface area contributed by atoms with Crippen LogP contribution in [0.3, 0.4) is 0 Å². The Morgan fingerprint density at radius 1 is 0.525 bits per heavy atom. The molecule has 0 unspecified atom stereocenters. The summed E-state index contributed by atoms with van der Waals surface area (Å²) in [5, 5.41) is 8.32. The normalized spacial score (nSPS) is 12.5. The largest absolute Gasteiger partial charge is 0.456 e. The van der Waals surface area contributed by atoms with Crippen molar-refractivity contribution in [2.45, 2.75) is 0 Å². The van der Waals surface area contributed by atoms with Gasteiger partial charge in [-0.15, -0.1) is 0 Å². The molecule has 6 aromatic carbocycles. The molecule has 40 heavy (non-hydrogen) atoms. The zero-order valence-corrected chi connectivity index (χ0v) is 21.2. The SMILES string of the molecule is c1ccc2c(c1)cc1c3cc(-c4ccc5oc6ccccc6c5c4)ccc3n3c4nc5ccccc5nc4c2c13. The summed E-state index contributed by atoms with van der Waals surface area (Å²) in [7, 11) is 0. The summed E-state index contributed by atoms with van der Waals surface area (Å²) in [5.74, 6) is 0. The van der Waals surface area contributed by atoms with Crippen LogP contribution in [-0.2, 0) is 0 Å². The maximum Gasteiger partial charge on any atom is 0.165 e. The lowest BCUT2D eigenvalue weighted by Gasteiger charge is -2.05. The smallest absolute Gasteiger partial charge is 0.165 e. The van der Waals surface area contributed by atoms with Gasteiger partial charge in [0.15, 0.2) is 5.65 Å². The van der Waals surface area contributed by atoms with Crippen LogP contribution in [0.25, 0.3) is 93.2 Å². The Hall–Kier alpha value is -5.48. The first kappa shape index (κ1) is 20.5. The Morgan fingerprint density at radius 3 is 2.12 bits per heavy atom. The molecule has 0 fully saturated rings. The Labute approximate surface area is 227 Å². The average Bonchev–Trinajstić information content (AvgIpc) is 3.65. The van der Waals surface area contributed by atoms with E-state index in [1.807, 2.05) is 36.4 Å². The molecule has 0 saturated heterocycles. The second-order valence-corrected chi connectivity index (χ2v) is 10.6. The topological polar surface area (TPSA) is 43.3 Å². The van der Waals surface area contributed by atoms with Gasteiger partial charge >= 0.3 is 0 Å². The Balaban J connectivity index is 1.33. The quantitative estimate of drug-likeness (QED) is 0.221. The molecule has 4 heterocycles. The summed E-state index contributed by atoms with van der Waals surface area (Å²) in [6.45, 7) is 0. The van der Waals surface area contributed by atoms with E-state index in [0.717, 1.165) is 49.7 Å². The first-order chi connectivity index (χ1) is 19.8. The summed E-state index contributed by atoms with van der Waals surface area (Å²) in [4.78, 5) is 10.3. The van der Waals surface area contributed by atoms with Crippen LogP contribution in [0.5, 0.6) is 0 Å². The molecular formula is C36H19N3O. The Bertz CT molecular complexity index is 2660. The third-order valence-electron chi connectivity index (χ3n) is 8.48. The molecule has 0 radical (unpaired) electrons. The average molecular weight is 510 g/mol. The number of para-hydroxylation sites is 3. The van der Waals surface area contributed by atoms with Gasteiger partial charge in [0.1, 0.15) is 16.7 Å². The van der Waals surface area contributed by atoms with Gasteiger partial charge in [0.2, 0.25) is 0 Å². The number of aromatic nitrogens is 3. The van der Waals surface area contributed by atoms with E-state index >= 15 is 0 Å². The van der Waals surface area contributed by atoms with Gasteiger partial charge in [0.05, 0.1) is 22.1 Å². The highest BCUT2D eigenvalue weighted by atomic mass is 16.3. The van der Waals surface area contributed by atoms with Crippen molar-refractivity contribution in [1.29, 1.82) is 0 Å². The van der Waals surface area contributed by atoms with E-state index in [4.69, 9.17) is 14.4 Å². The van der Waals surface area contributed by atoms with Crippen LogP contribution in [0.4, 0.5) is 0 Å². The van der Waals surface area contributed by atoms with E-state index in [2.05, 4.69) is 83.3 Å².